The summed E-state index contributed by atoms with van der Waals surface area (Å²) in [4.78, 5) is 31.7. The second-order valence-electron chi connectivity index (χ2n) is 8.88. The van der Waals surface area contributed by atoms with E-state index < -0.39 is 0 Å². The first-order valence-electron chi connectivity index (χ1n) is 11.2. The van der Waals surface area contributed by atoms with Crippen molar-refractivity contribution in [3.63, 3.8) is 0 Å². The Labute approximate surface area is 186 Å². The van der Waals surface area contributed by atoms with E-state index in [1.165, 1.54) is 11.1 Å². The number of piperidine rings is 1. The summed E-state index contributed by atoms with van der Waals surface area (Å²) in [5.41, 5.74) is 3.43. The van der Waals surface area contributed by atoms with Gasteiger partial charge in [0.05, 0.1) is 6.54 Å². The van der Waals surface area contributed by atoms with Crippen molar-refractivity contribution in [2.45, 2.75) is 46.2 Å². The molecular weight excluding hydrogens is 386 g/mol. The number of carbonyl (C=O) groups is 2. The molecule has 1 aliphatic heterocycles. The van der Waals surface area contributed by atoms with Crippen LogP contribution < -0.4 is 4.90 Å². The molecule has 0 N–H and O–H groups in total. The lowest BCUT2D eigenvalue weighted by molar-refractivity contribution is -0.140. The Morgan fingerprint density at radius 1 is 1.00 bits per heavy atom. The number of likely N-dealkylation sites (tertiary alicyclic amines) is 1. The number of rotatable bonds is 7. The molecule has 0 atom stereocenters. The summed E-state index contributed by atoms with van der Waals surface area (Å²) in [5.74, 6) is 0.348. The fourth-order valence-electron chi connectivity index (χ4n) is 3.98. The minimum atomic E-state index is 0.0222. The second-order valence-corrected chi connectivity index (χ2v) is 8.88. The smallest absolute Gasteiger partial charge is 0.242 e. The molecular formula is C26H35N3O2. The molecule has 2 aromatic carbocycles. The number of hydrogen-bond acceptors (Lipinski definition) is 3. The molecule has 1 fully saturated rings. The molecule has 1 aliphatic rings. The van der Waals surface area contributed by atoms with Gasteiger partial charge < -0.3 is 14.7 Å². The lowest BCUT2D eigenvalue weighted by atomic mass is 9.95. The molecule has 0 aromatic heterocycles. The van der Waals surface area contributed by atoms with Gasteiger partial charge in [0.15, 0.2) is 0 Å². The molecule has 0 radical (unpaired) electrons. The van der Waals surface area contributed by atoms with Gasteiger partial charge in [0.25, 0.3) is 0 Å². The third kappa shape index (κ3) is 6.09. The van der Waals surface area contributed by atoms with Crippen LogP contribution in [0.25, 0.3) is 0 Å². The largest absolute Gasteiger partial charge is 0.358 e. The highest BCUT2D eigenvalue weighted by atomic mass is 16.2. The van der Waals surface area contributed by atoms with Crippen LogP contribution in [0.15, 0.2) is 54.6 Å². The predicted octanol–water partition coefficient (Wildman–Crippen LogP) is 4.11. The maximum absolute atomic E-state index is 13.1. The number of amides is 2. The van der Waals surface area contributed by atoms with Crippen molar-refractivity contribution >= 4 is 17.5 Å². The first kappa shape index (κ1) is 22.9. The Morgan fingerprint density at radius 3 is 2.19 bits per heavy atom. The first-order chi connectivity index (χ1) is 14.8. The number of carbonyl (C=O) groups excluding carboxylic acids is 2. The molecule has 0 aliphatic carbocycles. The van der Waals surface area contributed by atoms with Gasteiger partial charge >= 0.3 is 0 Å². The van der Waals surface area contributed by atoms with Crippen LogP contribution in [-0.2, 0) is 16.1 Å². The van der Waals surface area contributed by atoms with Crippen molar-refractivity contribution in [1.29, 1.82) is 0 Å². The van der Waals surface area contributed by atoms with Gasteiger partial charge in [0.2, 0.25) is 11.8 Å². The molecule has 1 heterocycles. The lowest BCUT2D eigenvalue weighted by Gasteiger charge is -2.35. The molecule has 166 valence electrons. The number of nitrogens with zero attached hydrogens (tertiary/aromatic N) is 3. The number of aryl methyl sites for hydroxylation is 1. The van der Waals surface area contributed by atoms with E-state index in [9.17, 15) is 9.59 Å². The Bertz CT molecular complexity index is 856. The third-order valence-electron chi connectivity index (χ3n) is 6.26. The zero-order valence-electron chi connectivity index (χ0n) is 19.3. The van der Waals surface area contributed by atoms with Crippen LogP contribution in [0.4, 0.5) is 5.69 Å². The van der Waals surface area contributed by atoms with Gasteiger partial charge in [-0.25, -0.2) is 0 Å². The molecule has 0 unspecified atom stereocenters. The number of hydrogen-bond donors (Lipinski definition) is 0. The lowest BCUT2D eigenvalue weighted by Crippen LogP contribution is -2.47. The second kappa shape index (κ2) is 10.5. The highest BCUT2D eigenvalue weighted by Crippen LogP contribution is 2.22. The van der Waals surface area contributed by atoms with E-state index in [0.29, 0.717) is 26.2 Å². The summed E-state index contributed by atoms with van der Waals surface area (Å²) in [7, 11) is 1.87. The molecule has 2 aromatic rings. The SMILES string of the molecule is Cc1ccc(N(CC(=O)N2CCC(C(=O)N(C)C(C)C)CC2)Cc2ccccc2)cc1. The molecule has 5 nitrogen and oxygen atoms in total. The van der Waals surface area contributed by atoms with Crippen LogP contribution in [0.5, 0.6) is 0 Å². The van der Waals surface area contributed by atoms with E-state index in [-0.39, 0.29) is 23.8 Å². The maximum Gasteiger partial charge on any atom is 0.242 e. The van der Waals surface area contributed by atoms with Gasteiger partial charge in [0, 0.05) is 44.3 Å². The van der Waals surface area contributed by atoms with Crippen LogP contribution in [0.2, 0.25) is 0 Å². The van der Waals surface area contributed by atoms with Crippen LogP contribution in [-0.4, -0.2) is 54.3 Å². The van der Waals surface area contributed by atoms with Gasteiger partial charge in [0.1, 0.15) is 0 Å². The minimum absolute atomic E-state index is 0.0222. The van der Waals surface area contributed by atoms with E-state index in [0.717, 1.165) is 18.5 Å². The first-order valence-corrected chi connectivity index (χ1v) is 11.2. The molecule has 0 spiro atoms. The highest BCUT2D eigenvalue weighted by Gasteiger charge is 2.30. The fourth-order valence-corrected chi connectivity index (χ4v) is 3.98. The summed E-state index contributed by atoms with van der Waals surface area (Å²) in [6.45, 7) is 8.44. The zero-order valence-corrected chi connectivity index (χ0v) is 19.3. The van der Waals surface area contributed by atoms with Crippen LogP contribution >= 0.6 is 0 Å². The van der Waals surface area contributed by atoms with Gasteiger partial charge in [-0.05, 0) is 51.3 Å². The van der Waals surface area contributed by atoms with Crippen LogP contribution in [0.3, 0.4) is 0 Å². The van der Waals surface area contributed by atoms with Crippen LogP contribution in [0.1, 0.15) is 37.8 Å². The van der Waals surface area contributed by atoms with E-state index in [4.69, 9.17) is 0 Å². The maximum atomic E-state index is 13.1. The fraction of sp³-hybridized carbons (Fsp3) is 0.462. The molecule has 0 saturated carbocycles. The Kier molecular flexibility index (Phi) is 7.72. The van der Waals surface area contributed by atoms with Gasteiger partial charge in [-0.1, -0.05) is 48.0 Å². The van der Waals surface area contributed by atoms with Crippen molar-refractivity contribution in [2.75, 3.05) is 31.6 Å². The molecule has 2 amide bonds. The van der Waals surface area contributed by atoms with Crippen molar-refractivity contribution in [2.24, 2.45) is 5.92 Å². The van der Waals surface area contributed by atoms with Crippen molar-refractivity contribution < 1.29 is 9.59 Å². The van der Waals surface area contributed by atoms with Crippen LogP contribution in [0, 0.1) is 12.8 Å². The summed E-state index contributed by atoms with van der Waals surface area (Å²) in [6.07, 6.45) is 1.48. The number of anilines is 1. The minimum Gasteiger partial charge on any atom is -0.358 e. The highest BCUT2D eigenvalue weighted by molar-refractivity contribution is 5.83. The average Bonchev–Trinajstić information content (AvgIpc) is 2.79. The summed E-state index contributed by atoms with van der Waals surface area (Å²) in [6, 6.07) is 18.8. The molecule has 3 rings (SSSR count). The van der Waals surface area contributed by atoms with Gasteiger partial charge in [-0.2, -0.15) is 0 Å². The van der Waals surface area contributed by atoms with E-state index in [2.05, 4.69) is 48.2 Å². The molecule has 1 saturated heterocycles. The molecule has 5 heteroatoms. The van der Waals surface area contributed by atoms with Crippen molar-refractivity contribution in [3.05, 3.63) is 65.7 Å². The van der Waals surface area contributed by atoms with E-state index in [1.54, 1.807) is 0 Å². The quantitative estimate of drug-likeness (QED) is 0.676. The Morgan fingerprint density at radius 2 is 1.61 bits per heavy atom. The zero-order chi connectivity index (χ0) is 22.4. The summed E-state index contributed by atoms with van der Waals surface area (Å²) >= 11 is 0. The van der Waals surface area contributed by atoms with Gasteiger partial charge in [-0.15, -0.1) is 0 Å². The van der Waals surface area contributed by atoms with Gasteiger partial charge in [-0.3, -0.25) is 9.59 Å². The van der Waals surface area contributed by atoms with E-state index in [1.807, 2.05) is 48.9 Å². The monoisotopic (exact) mass is 421 g/mol. The normalized spacial score (nSPS) is 14.5. The molecule has 31 heavy (non-hydrogen) atoms. The standard InChI is InChI=1S/C26H35N3O2/c1-20(2)27(4)26(31)23-14-16-28(17-15-23)25(30)19-29(18-22-8-6-5-7-9-22)24-12-10-21(3)11-13-24/h5-13,20,23H,14-19H2,1-4H3. The van der Waals surface area contributed by atoms with Crippen molar-refractivity contribution in [3.8, 4) is 0 Å². The number of benzene rings is 2. The molecule has 0 bridgehead atoms. The Hall–Kier alpha value is -2.82. The van der Waals surface area contributed by atoms with E-state index >= 15 is 0 Å². The third-order valence-corrected chi connectivity index (χ3v) is 6.26. The predicted molar refractivity (Wildman–Crippen MR) is 126 cm³/mol. The Balaban J connectivity index is 1.64. The van der Waals surface area contributed by atoms with Crippen molar-refractivity contribution in [1.82, 2.24) is 9.80 Å². The topological polar surface area (TPSA) is 43.9 Å². The summed E-state index contributed by atoms with van der Waals surface area (Å²) < 4.78 is 0. The summed E-state index contributed by atoms with van der Waals surface area (Å²) in [5, 5.41) is 0. The average molecular weight is 422 g/mol.